The number of amides is 1. The number of hydrogen-bond acceptors (Lipinski definition) is 4. The van der Waals surface area contributed by atoms with Crippen LogP contribution in [0.4, 0.5) is 5.82 Å². The van der Waals surface area contributed by atoms with Gasteiger partial charge in [-0.2, -0.15) is 0 Å². The van der Waals surface area contributed by atoms with E-state index in [9.17, 15) is 9.59 Å². The average Bonchev–Trinajstić information content (AvgIpc) is 2.78. The Hall–Kier alpha value is -3.15. The predicted octanol–water partition coefficient (Wildman–Crippen LogP) is 4.27. The van der Waals surface area contributed by atoms with Crippen molar-refractivity contribution in [2.45, 2.75) is 59.0 Å². The van der Waals surface area contributed by atoms with Crippen molar-refractivity contribution >= 4 is 22.8 Å². The third kappa shape index (κ3) is 4.69. The van der Waals surface area contributed by atoms with Crippen LogP contribution in [0.25, 0.3) is 11.0 Å². The largest absolute Gasteiger partial charge is 0.352 e. The molecule has 32 heavy (non-hydrogen) atoms. The highest BCUT2D eigenvalue weighted by Gasteiger charge is 2.20. The number of carbonyl (C=O) groups is 1. The number of para-hydroxylation sites is 2. The number of carbonyl (C=O) groups excluding carboxylic acids is 1. The van der Waals surface area contributed by atoms with Crippen LogP contribution >= 0.6 is 0 Å². The molecule has 1 saturated heterocycles. The Labute approximate surface area is 189 Å². The highest BCUT2D eigenvalue weighted by molar-refractivity contribution is 5.78. The Balaban J connectivity index is 1.53. The van der Waals surface area contributed by atoms with E-state index < -0.39 is 0 Å². The number of fused-ring (bicyclic) bond motifs is 1. The first-order valence-corrected chi connectivity index (χ1v) is 11.5. The summed E-state index contributed by atoms with van der Waals surface area (Å²) in [7, 11) is 0. The Kier molecular flexibility index (Phi) is 6.58. The van der Waals surface area contributed by atoms with Gasteiger partial charge < -0.3 is 14.8 Å². The summed E-state index contributed by atoms with van der Waals surface area (Å²) in [5.74, 6) is 0.442. The van der Waals surface area contributed by atoms with Gasteiger partial charge in [-0.05, 0) is 63.3 Å². The number of anilines is 1. The van der Waals surface area contributed by atoms with E-state index in [0.29, 0.717) is 12.4 Å². The standard InChI is InChI=1S/C26H32N4O2/c1-18-11-12-21(19(2)17-18)20(3)27-24(31)13-16-30-23-10-6-5-9-22(23)28-25(26(30)32)29-14-7-4-8-15-29/h5-6,9-12,17,20H,4,7-8,13-16H2,1-3H3,(H,27,31). The van der Waals surface area contributed by atoms with Crippen LogP contribution < -0.4 is 15.8 Å². The zero-order valence-electron chi connectivity index (χ0n) is 19.2. The van der Waals surface area contributed by atoms with Crippen molar-refractivity contribution < 1.29 is 4.79 Å². The molecule has 1 aromatic heterocycles. The van der Waals surface area contributed by atoms with Crippen LogP contribution in [-0.4, -0.2) is 28.5 Å². The van der Waals surface area contributed by atoms with Crippen LogP contribution in [-0.2, 0) is 11.3 Å². The molecule has 0 radical (unpaired) electrons. The average molecular weight is 433 g/mol. The third-order valence-corrected chi connectivity index (χ3v) is 6.32. The maximum absolute atomic E-state index is 13.3. The summed E-state index contributed by atoms with van der Waals surface area (Å²) in [5.41, 5.74) is 4.94. The lowest BCUT2D eigenvalue weighted by Gasteiger charge is -2.28. The molecule has 1 aliphatic rings. The Morgan fingerprint density at radius 3 is 2.59 bits per heavy atom. The molecule has 4 rings (SSSR count). The van der Waals surface area contributed by atoms with Gasteiger partial charge in [0.25, 0.3) is 5.56 Å². The lowest BCUT2D eigenvalue weighted by Crippen LogP contribution is -2.37. The number of benzene rings is 2. The number of aryl methyl sites for hydroxylation is 3. The first-order valence-electron chi connectivity index (χ1n) is 11.5. The topological polar surface area (TPSA) is 67.2 Å². The van der Waals surface area contributed by atoms with Crippen molar-refractivity contribution in [1.82, 2.24) is 14.9 Å². The molecule has 168 valence electrons. The van der Waals surface area contributed by atoms with E-state index >= 15 is 0 Å². The number of rotatable bonds is 6. The fourth-order valence-corrected chi connectivity index (χ4v) is 4.63. The SMILES string of the molecule is Cc1ccc(C(C)NC(=O)CCn2c(=O)c(N3CCCCC3)nc3ccccc32)c(C)c1. The lowest BCUT2D eigenvalue weighted by molar-refractivity contribution is -0.121. The molecule has 0 saturated carbocycles. The van der Waals surface area contributed by atoms with Crippen molar-refractivity contribution in [1.29, 1.82) is 0 Å². The Morgan fingerprint density at radius 1 is 1.09 bits per heavy atom. The summed E-state index contributed by atoms with van der Waals surface area (Å²) >= 11 is 0. The Morgan fingerprint density at radius 2 is 1.84 bits per heavy atom. The molecule has 0 aliphatic carbocycles. The van der Waals surface area contributed by atoms with E-state index in [0.717, 1.165) is 42.5 Å². The van der Waals surface area contributed by atoms with E-state index in [4.69, 9.17) is 0 Å². The van der Waals surface area contributed by atoms with Gasteiger partial charge in [0.15, 0.2) is 5.82 Å². The molecular weight excluding hydrogens is 400 g/mol. The second-order valence-electron chi connectivity index (χ2n) is 8.83. The molecule has 1 fully saturated rings. The number of nitrogens with zero attached hydrogens (tertiary/aromatic N) is 3. The van der Waals surface area contributed by atoms with Crippen LogP contribution in [0.5, 0.6) is 0 Å². The van der Waals surface area contributed by atoms with Crippen LogP contribution in [0.2, 0.25) is 0 Å². The minimum Gasteiger partial charge on any atom is -0.352 e. The second-order valence-corrected chi connectivity index (χ2v) is 8.83. The number of hydrogen-bond donors (Lipinski definition) is 1. The maximum atomic E-state index is 13.3. The summed E-state index contributed by atoms with van der Waals surface area (Å²) in [4.78, 5) is 32.9. The normalized spacial score (nSPS) is 15.0. The van der Waals surface area contributed by atoms with Gasteiger partial charge >= 0.3 is 0 Å². The van der Waals surface area contributed by atoms with Gasteiger partial charge in [-0.3, -0.25) is 9.59 Å². The third-order valence-electron chi connectivity index (χ3n) is 6.32. The monoisotopic (exact) mass is 432 g/mol. The molecule has 2 aromatic carbocycles. The maximum Gasteiger partial charge on any atom is 0.294 e. The van der Waals surface area contributed by atoms with E-state index in [-0.39, 0.29) is 23.9 Å². The van der Waals surface area contributed by atoms with Crippen molar-refractivity contribution in [3.05, 3.63) is 69.5 Å². The fraction of sp³-hybridized carbons (Fsp3) is 0.423. The van der Waals surface area contributed by atoms with E-state index in [1.807, 2.05) is 31.2 Å². The van der Waals surface area contributed by atoms with Crippen molar-refractivity contribution in [3.8, 4) is 0 Å². The van der Waals surface area contributed by atoms with Gasteiger partial charge in [-0.1, -0.05) is 35.9 Å². The minimum atomic E-state index is -0.110. The van der Waals surface area contributed by atoms with Gasteiger partial charge in [0.2, 0.25) is 5.91 Å². The molecule has 1 atom stereocenters. The van der Waals surface area contributed by atoms with Crippen molar-refractivity contribution in [3.63, 3.8) is 0 Å². The number of aromatic nitrogens is 2. The van der Waals surface area contributed by atoms with Gasteiger partial charge in [-0.15, -0.1) is 0 Å². The summed E-state index contributed by atoms with van der Waals surface area (Å²) in [6, 6.07) is 13.9. The number of piperidine rings is 1. The number of nitrogens with one attached hydrogen (secondary N) is 1. The van der Waals surface area contributed by atoms with Gasteiger partial charge in [0, 0.05) is 26.1 Å². The quantitative estimate of drug-likeness (QED) is 0.632. The van der Waals surface area contributed by atoms with E-state index in [1.165, 1.54) is 17.5 Å². The van der Waals surface area contributed by atoms with Crippen molar-refractivity contribution in [2.24, 2.45) is 0 Å². The fourth-order valence-electron chi connectivity index (χ4n) is 4.63. The van der Waals surface area contributed by atoms with Crippen LogP contribution in [0.1, 0.15) is 55.3 Å². The van der Waals surface area contributed by atoms with Crippen molar-refractivity contribution in [2.75, 3.05) is 18.0 Å². The molecule has 0 spiro atoms. The van der Waals surface area contributed by atoms with Gasteiger partial charge in [0.1, 0.15) is 0 Å². The summed E-state index contributed by atoms with van der Waals surface area (Å²) in [6.45, 7) is 8.17. The molecule has 6 nitrogen and oxygen atoms in total. The van der Waals surface area contributed by atoms with Gasteiger partial charge in [-0.25, -0.2) is 4.98 Å². The lowest BCUT2D eigenvalue weighted by atomic mass is 10.0. The predicted molar refractivity (Wildman–Crippen MR) is 129 cm³/mol. The van der Waals surface area contributed by atoms with E-state index in [1.54, 1.807) is 4.57 Å². The highest BCUT2D eigenvalue weighted by atomic mass is 16.2. The van der Waals surface area contributed by atoms with E-state index in [2.05, 4.69) is 47.2 Å². The van der Waals surface area contributed by atoms with Gasteiger partial charge in [0.05, 0.1) is 17.1 Å². The molecule has 2 heterocycles. The zero-order valence-corrected chi connectivity index (χ0v) is 19.2. The molecule has 6 heteroatoms. The summed E-state index contributed by atoms with van der Waals surface area (Å²) in [6.07, 6.45) is 3.58. The first kappa shape index (κ1) is 22.1. The summed E-state index contributed by atoms with van der Waals surface area (Å²) < 4.78 is 1.72. The molecule has 1 amide bonds. The highest BCUT2D eigenvalue weighted by Crippen LogP contribution is 2.20. The molecule has 1 unspecified atom stereocenters. The first-order chi connectivity index (χ1) is 15.4. The smallest absolute Gasteiger partial charge is 0.294 e. The molecule has 1 aliphatic heterocycles. The van der Waals surface area contributed by atoms with Crippen LogP contribution in [0.3, 0.4) is 0 Å². The molecule has 0 bridgehead atoms. The van der Waals surface area contributed by atoms with Crippen LogP contribution in [0.15, 0.2) is 47.3 Å². The molecule has 3 aromatic rings. The zero-order chi connectivity index (χ0) is 22.7. The summed E-state index contributed by atoms with van der Waals surface area (Å²) in [5, 5.41) is 3.09. The minimum absolute atomic E-state index is 0.0650. The second kappa shape index (κ2) is 9.55. The molecule has 1 N–H and O–H groups in total. The van der Waals surface area contributed by atoms with Crippen LogP contribution in [0, 0.1) is 13.8 Å². The molecular formula is C26H32N4O2. The Bertz CT molecular complexity index is 1180.